The van der Waals surface area contributed by atoms with Crippen LogP contribution in [0.5, 0.6) is 0 Å². The summed E-state index contributed by atoms with van der Waals surface area (Å²) in [5.74, 6) is 2.90. The van der Waals surface area contributed by atoms with E-state index < -0.39 is 31.1 Å². The second-order valence-corrected chi connectivity index (χ2v) is 16.7. The zero-order chi connectivity index (χ0) is 28.3. The summed E-state index contributed by atoms with van der Waals surface area (Å²) in [5.41, 5.74) is 4.10. The summed E-state index contributed by atoms with van der Waals surface area (Å²) in [7, 11) is -2.10. The van der Waals surface area contributed by atoms with E-state index in [9.17, 15) is 18.0 Å². The lowest BCUT2D eigenvalue weighted by atomic mass is 9.78. The Hall–Kier alpha value is -3.11. The molecule has 1 aromatic heterocycles. The van der Waals surface area contributed by atoms with Crippen molar-refractivity contribution in [2.45, 2.75) is 83.1 Å². The minimum Gasteiger partial charge on any atom is -0.323 e. The number of carbonyl (C=O) groups excluding carboxylic acids is 1. The molecule has 0 spiro atoms. The van der Waals surface area contributed by atoms with E-state index in [0.717, 1.165) is 17.5 Å². The Labute approximate surface area is 225 Å². The molecule has 3 aromatic rings. The number of carbonyl (C=O) groups is 1. The van der Waals surface area contributed by atoms with Crippen LogP contribution in [-0.2, 0) is 16.4 Å². The van der Waals surface area contributed by atoms with E-state index in [4.69, 9.17) is 0 Å². The number of alkyl halides is 3. The SMILES string of the molecule is CC(C)[Si](C#CC[C@](C)(C(=O)Nc1cccc2cccnc12)c1cccc(C(F)(F)F)c1)(C(C)C)C(C)C. The quantitative estimate of drug-likeness (QED) is 0.241. The van der Waals surface area contributed by atoms with Crippen LogP contribution in [0.3, 0.4) is 0 Å². The van der Waals surface area contributed by atoms with E-state index in [0.29, 0.717) is 27.8 Å². The predicted octanol–water partition coefficient (Wildman–Crippen LogP) is 8.76. The lowest BCUT2D eigenvalue weighted by Crippen LogP contribution is -2.43. The van der Waals surface area contributed by atoms with E-state index in [1.807, 2.05) is 24.3 Å². The monoisotopic (exact) mass is 538 g/mol. The molecule has 0 radical (unpaired) electrons. The number of pyridine rings is 1. The van der Waals surface area contributed by atoms with E-state index in [2.05, 4.69) is 63.3 Å². The lowest BCUT2D eigenvalue weighted by Gasteiger charge is -2.38. The van der Waals surface area contributed by atoms with E-state index in [1.165, 1.54) is 6.07 Å². The van der Waals surface area contributed by atoms with Gasteiger partial charge in [0.05, 0.1) is 22.2 Å². The summed E-state index contributed by atoms with van der Waals surface area (Å²) >= 11 is 0. The fourth-order valence-electron chi connectivity index (χ4n) is 5.62. The number of rotatable bonds is 7. The van der Waals surface area contributed by atoms with Crippen molar-refractivity contribution in [2.24, 2.45) is 0 Å². The van der Waals surface area contributed by atoms with Crippen LogP contribution in [0.2, 0.25) is 16.6 Å². The van der Waals surface area contributed by atoms with Crippen molar-refractivity contribution >= 4 is 30.6 Å². The molecule has 2 aromatic carbocycles. The van der Waals surface area contributed by atoms with Crippen molar-refractivity contribution in [3.8, 4) is 11.5 Å². The highest BCUT2D eigenvalue weighted by Gasteiger charge is 2.42. The van der Waals surface area contributed by atoms with Gasteiger partial charge in [-0.05, 0) is 47.3 Å². The Balaban J connectivity index is 2.12. The maximum atomic E-state index is 13.9. The van der Waals surface area contributed by atoms with Crippen molar-refractivity contribution in [1.29, 1.82) is 0 Å². The second kappa shape index (κ2) is 11.3. The average molecular weight is 539 g/mol. The molecule has 1 N–H and O–H groups in total. The van der Waals surface area contributed by atoms with Gasteiger partial charge in [0.2, 0.25) is 5.91 Å². The van der Waals surface area contributed by atoms with E-state index >= 15 is 0 Å². The smallest absolute Gasteiger partial charge is 0.323 e. The topological polar surface area (TPSA) is 42.0 Å². The Morgan fingerprint density at radius 3 is 2.11 bits per heavy atom. The van der Waals surface area contributed by atoms with Gasteiger partial charge in [-0.2, -0.15) is 13.2 Å². The van der Waals surface area contributed by atoms with Crippen molar-refractivity contribution in [1.82, 2.24) is 4.98 Å². The van der Waals surface area contributed by atoms with Gasteiger partial charge < -0.3 is 5.32 Å². The molecule has 1 heterocycles. The van der Waals surface area contributed by atoms with Gasteiger partial charge in [0.1, 0.15) is 8.07 Å². The summed E-state index contributed by atoms with van der Waals surface area (Å²) in [4.78, 5) is 18.3. The fraction of sp³-hybridized carbons (Fsp3) is 0.419. The summed E-state index contributed by atoms with van der Waals surface area (Å²) in [6, 6.07) is 14.2. The van der Waals surface area contributed by atoms with Crippen LogP contribution < -0.4 is 5.32 Å². The number of aromatic nitrogens is 1. The van der Waals surface area contributed by atoms with Gasteiger partial charge in [0.15, 0.2) is 0 Å². The molecule has 7 heteroatoms. The number of anilines is 1. The average Bonchev–Trinajstić information content (AvgIpc) is 2.85. The van der Waals surface area contributed by atoms with Crippen molar-refractivity contribution in [2.75, 3.05) is 5.32 Å². The zero-order valence-electron chi connectivity index (χ0n) is 23.2. The first-order chi connectivity index (χ1) is 17.7. The summed E-state index contributed by atoms with van der Waals surface area (Å²) in [6.45, 7) is 14.9. The maximum Gasteiger partial charge on any atom is 0.416 e. The van der Waals surface area contributed by atoms with Crippen LogP contribution in [0.1, 0.15) is 66.0 Å². The first-order valence-corrected chi connectivity index (χ1v) is 15.3. The number of benzene rings is 2. The van der Waals surface area contributed by atoms with E-state index in [-0.39, 0.29) is 12.0 Å². The molecule has 0 aliphatic carbocycles. The molecule has 202 valence electrons. The highest BCUT2D eigenvalue weighted by Crippen LogP contribution is 2.41. The number of hydrogen-bond donors (Lipinski definition) is 1. The van der Waals surface area contributed by atoms with Crippen LogP contribution in [-0.4, -0.2) is 19.0 Å². The standard InChI is InChI=1S/C31H37F3N2OSi/c1-21(2)38(22(3)4,23(5)6)19-11-17-30(7,25-14-9-15-26(20-25)31(32,33)34)29(37)36-27-16-8-12-24-13-10-18-35-28(24)27/h8-10,12-16,18,20-23H,17H2,1-7H3,(H,36,37)/t30-/m0/s1. The molecule has 0 aliphatic rings. The Morgan fingerprint density at radius 2 is 1.50 bits per heavy atom. The van der Waals surface area contributed by atoms with Gasteiger partial charge in [-0.15, -0.1) is 11.5 Å². The first-order valence-electron chi connectivity index (χ1n) is 13.1. The molecule has 0 saturated heterocycles. The number of halogens is 3. The Morgan fingerprint density at radius 1 is 0.921 bits per heavy atom. The molecule has 1 atom stereocenters. The molecular weight excluding hydrogens is 501 g/mol. The van der Waals surface area contributed by atoms with Crippen molar-refractivity contribution in [3.63, 3.8) is 0 Å². The third-order valence-electron chi connectivity index (χ3n) is 7.82. The van der Waals surface area contributed by atoms with Gasteiger partial charge in [0, 0.05) is 18.0 Å². The third-order valence-corrected chi connectivity index (χ3v) is 14.2. The van der Waals surface area contributed by atoms with Crippen molar-refractivity contribution in [3.05, 3.63) is 71.9 Å². The highest BCUT2D eigenvalue weighted by atomic mass is 28.3. The molecule has 3 rings (SSSR count). The highest BCUT2D eigenvalue weighted by molar-refractivity contribution is 6.90. The maximum absolute atomic E-state index is 13.9. The summed E-state index contributed by atoms with van der Waals surface area (Å²) in [5, 5.41) is 3.81. The fourth-order valence-corrected chi connectivity index (χ4v) is 10.9. The third kappa shape index (κ3) is 5.81. The van der Waals surface area contributed by atoms with Gasteiger partial charge in [0.25, 0.3) is 0 Å². The van der Waals surface area contributed by atoms with Crippen molar-refractivity contribution < 1.29 is 18.0 Å². The van der Waals surface area contributed by atoms with Gasteiger partial charge in [-0.1, -0.05) is 77.9 Å². The summed E-state index contributed by atoms with van der Waals surface area (Å²) < 4.78 is 40.9. The van der Waals surface area contributed by atoms with Crippen LogP contribution >= 0.6 is 0 Å². The molecule has 3 nitrogen and oxygen atoms in total. The first kappa shape index (κ1) is 29.4. The number of amides is 1. The molecule has 0 aliphatic heterocycles. The molecule has 0 unspecified atom stereocenters. The number of nitrogens with one attached hydrogen (secondary N) is 1. The normalized spacial score (nSPS) is 13.9. The Kier molecular flexibility index (Phi) is 8.78. The Bertz CT molecular complexity index is 1330. The number of fused-ring (bicyclic) bond motifs is 1. The molecule has 0 bridgehead atoms. The number of para-hydroxylation sites is 1. The molecule has 1 amide bonds. The number of nitrogens with zero attached hydrogens (tertiary/aromatic N) is 1. The van der Waals surface area contributed by atoms with E-state index in [1.54, 1.807) is 25.3 Å². The van der Waals surface area contributed by atoms with Crippen LogP contribution in [0.4, 0.5) is 18.9 Å². The van der Waals surface area contributed by atoms with Crippen LogP contribution in [0, 0.1) is 11.5 Å². The van der Waals surface area contributed by atoms with Gasteiger partial charge in [-0.25, -0.2) is 0 Å². The second-order valence-electron chi connectivity index (χ2n) is 11.1. The molecular formula is C31H37F3N2OSi. The number of hydrogen-bond acceptors (Lipinski definition) is 2. The largest absolute Gasteiger partial charge is 0.416 e. The van der Waals surface area contributed by atoms with Crippen LogP contribution in [0.25, 0.3) is 10.9 Å². The molecule has 0 fully saturated rings. The minimum atomic E-state index is -4.52. The van der Waals surface area contributed by atoms with Gasteiger partial charge in [-0.3, -0.25) is 9.78 Å². The minimum absolute atomic E-state index is 0.0965. The molecule has 38 heavy (non-hydrogen) atoms. The zero-order valence-corrected chi connectivity index (χ0v) is 24.2. The molecule has 0 saturated carbocycles. The predicted molar refractivity (Wildman–Crippen MR) is 153 cm³/mol. The van der Waals surface area contributed by atoms with Gasteiger partial charge >= 0.3 is 6.18 Å². The lowest BCUT2D eigenvalue weighted by molar-refractivity contribution is -0.137. The summed E-state index contributed by atoms with van der Waals surface area (Å²) in [6.07, 6.45) is -2.78. The van der Waals surface area contributed by atoms with Crippen LogP contribution in [0.15, 0.2) is 60.8 Å².